The van der Waals surface area contributed by atoms with Gasteiger partial charge in [-0.1, -0.05) is 6.07 Å². The molecule has 0 atom stereocenters. The van der Waals surface area contributed by atoms with Crippen LogP contribution in [0.4, 0.5) is 4.79 Å². The van der Waals surface area contributed by atoms with Crippen molar-refractivity contribution in [2.45, 2.75) is 13.0 Å². The van der Waals surface area contributed by atoms with Crippen molar-refractivity contribution in [3.05, 3.63) is 45.7 Å². The Balaban J connectivity index is 1.69. The molecule has 0 spiro atoms. The van der Waals surface area contributed by atoms with Crippen LogP contribution in [0.2, 0.25) is 0 Å². The van der Waals surface area contributed by atoms with Crippen molar-refractivity contribution in [1.82, 2.24) is 14.4 Å². The topological polar surface area (TPSA) is 84.2 Å². The average Bonchev–Trinajstić information content (AvgIpc) is 3.06. The van der Waals surface area contributed by atoms with Gasteiger partial charge in [0.2, 0.25) is 0 Å². The summed E-state index contributed by atoms with van der Waals surface area (Å²) >= 11 is 1.62. The van der Waals surface area contributed by atoms with Crippen molar-refractivity contribution < 1.29 is 19.4 Å². The number of ether oxygens (including phenoxy) is 2. The van der Waals surface area contributed by atoms with Crippen molar-refractivity contribution in [2.24, 2.45) is 7.05 Å². The van der Waals surface area contributed by atoms with Gasteiger partial charge >= 0.3 is 6.09 Å². The molecule has 170 valence electrons. The van der Waals surface area contributed by atoms with Gasteiger partial charge in [-0.25, -0.2) is 4.79 Å². The van der Waals surface area contributed by atoms with Crippen molar-refractivity contribution in [1.29, 1.82) is 0 Å². The first-order valence-electron chi connectivity index (χ1n) is 10.5. The molecule has 32 heavy (non-hydrogen) atoms. The second kappa shape index (κ2) is 9.22. The van der Waals surface area contributed by atoms with Crippen molar-refractivity contribution in [3.63, 3.8) is 0 Å². The molecule has 0 aliphatic carbocycles. The molecule has 3 heterocycles. The van der Waals surface area contributed by atoms with Gasteiger partial charge in [0.15, 0.2) is 11.5 Å². The fourth-order valence-electron chi connectivity index (χ4n) is 4.13. The molecule has 0 bridgehead atoms. The van der Waals surface area contributed by atoms with Gasteiger partial charge in [-0.05, 0) is 30.2 Å². The fraction of sp³-hybridized carbons (Fsp3) is 0.391. The predicted octanol–water partition coefficient (Wildman–Crippen LogP) is 3.47. The number of fused-ring (bicyclic) bond motifs is 1. The minimum absolute atomic E-state index is 0.0281. The highest BCUT2D eigenvalue weighted by Gasteiger charge is 2.20. The van der Waals surface area contributed by atoms with E-state index in [4.69, 9.17) is 9.47 Å². The highest BCUT2D eigenvalue weighted by Crippen LogP contribution is 2.37. The number of methoxy groups -OCH3 is 2. The maximum absolute atomic E-state index is 12.9. The van der Waals surface area contributed by atoms with E-state index in [2.05, 4.69) is 4.90 Å². The Labute approximate surface area is 190 Å². The van der Waals surface area contributed by atoms with Gasteiger partial charge in [-0.15, -0.1) is 11.3 Å². The van der Waals surface area contributed by atoms with Gasteiger partial charge in [0, 0.05) is 61.1 Å². The van der Waals surface area contributed by atoms with Gasteiger partial charge < -0.3 is 24.0 Å². The van der Waals surface area contributed by atoms with E-state index in [0.717, 1.165) is 33.7 Å². The van der Waals surface area contributed by atoms with E-state index < -0.39 is 6.09 Å². The molecule has 9 heteroatoms. The lowest BCUT2D eigenvalue weighted by Crippen LogP contribution is -2.33. The largest absolute Gasteiger partial charge is 0.493 e. The van der Waals surface area contributed by atoms with Crippen LogP contribution in [-0.2, 0) is 13.6 Å². The number of thiophene rings is 1. The Morgan fingerprint density at radius 2 is 1.88 bits per heavy atom. The van der Waals surface area contributed by atoms with E-state index in [1.54, 1.807) is 37.2 Å². The molecule has 3 aromatic rings. The van der Waals surface area contributed by atoms with E-state index in [1.165, 1.54) is 4.90 Å². The number of aryl methyl sites for hydroxylation is 1. The molecule has 0 saturated carbocycles. The number of hydrogen-bond donors (Lipinski definition) is 1. The highest BCUT2D eigenvalue weighted by atomic mass is 32.1. The molecule has 1 fully saturated rings. The van der Waals surface area contributed by atoms with E-state index in [0.29, 0.717) is 43.1 Å². The maximum Gasteiger partial charge on any atom is 0.407 e. The zero-order chi connectivity index (χ0) is 22.8. The molecule has 2 aromatic heterocycles. The second-order valence-corrected chi connectivity index (χ2v) is 9.02. The fourth-order valence-corrected chi connectivity index (χ4v) is 5.35. The zero-order valence-corrected chi connectivity index (χ0v) is 19.3. The molecule has 1 saturated heterocycles. The number of rotatable bonds is 5. The number of carbonyl (C=O) groups is 1. The Hall–Kier alpha value is -3.04. The Morgan fingerprint density at radius 1 is 1.09 bits per heavy atom. The molecular weight excluding hydrogens is 430 g/mol. The third kappa shape index (κ3) is 4.31. The van der Waals surface area contributed by atoms with E-state index in [-0.39, 0.29) is 5.56 Å². The van der Waals surface area contributed by atoms with Crippen LogP contribution in [0.1, 0.15) is 11.3 Å². The van der Waals surface area contributed by atoms with Crippen LogP contribution in [0.15, 0.2) is 35.3 Å². The molecular formula is C23H27N3O5S. The number of amides is 1. The van der Waals surface area contributed by atoms with Crippen molar-refractivity contribution in [3.8, 4) is 22.6 Å². The smallest absolute Gasteiger partial charge is 0.407 e. The lowest BCUT2D eigenvalue weighted by atomic mass is 10.1. The lowest BCUT2D eigenvalue weighted by Gasteiger charge is -2.19. The average molecular weight is 458 g/mol. The quantitative estimate of drug-likeness (QED) is 0.632. The third-order valence-electron chi connectivity index (χ3n) is 5.83. The van der Waals surface area contributed by atoms with Crippen molar-refractivity contribution >= 4 is 27.5 Å². The number of pyridine rings is 1. The van der Waals surface area contributed by atoms with Gasteiger partial charge in [-0.3, -0.25) is 9.69 Å². The van der Waals surface area contributed by atoms with E-state index in [9.17, 15) is 14.7 Å². The lowest BCUT2D eigenvalue weighted by molar-refractivity contribution is 0.146. The van der Waals surface area contributed by atoms with Crippen LogP contribution in [0.3, 0.4) is 0 Å². The maximum atomic E-state index is 12.9. The molecule has 0 unspecified atom stereocenters. The summed E-state index contributed by atoms with van der Waals surface area (Å²) < 4.78 is 13.4. The van der Waals surface area contributed by atoms with Crippen LogP contribution < -0.4 is 15.0 Å². The molecule has 1 amide bonds. The standard InChI is InChI=1S/C23H27N3O5S/c1-24-14-18(15-5-6-19(30-2)20(11-15)31-3)21-17(22(24)27)12-16(32-21)13-25-7-4-8-26(10-9-25)23(28)29/h5-6,11-12,14H,4,7-10,13H2,1-3H3,(H,28,29). The van der Waals surface area contributed by atoms with Gasteiger partial charge in [0.05, 0.1) is 19.6 Å². The normalized spacial score (nSPS) is 15.0. The number of nitrogens with zero attached hydrogens (tertiary/aromatic N) is 3. The van der Waals surface area contributed by atoms with Crippen LogP contribution >= 0.6 is 11.3 Å². The Morgan fingerprint density at radius 3 is 2.59 bits per heavy atom. The van der Waals surface area contributed by atoms with E-state index >= 15 is 0 Å². The van der Waals surface area contributed by atoms with Gasteiger partial charge in [-0.2, -0.15) is 0 Å². The Bertz CT molecular complexity index is 1200. The minimum Gasteiger partial charge on any atom is -0.493 e. The SMILES string of the molecule is COc1ccc(-c2cn(C)c(=O)c3cc(CN4CCCN(C(=O)O)CC4)sc23)cc1OC. The molecule has 8 nitrogen and oxygen atoms in total. The summed E-state index contributed by atoms with van der Waals surface area (Å²) in [6, 6.07) is 7.74. The van der Waals surface area contributed by atoms with Crippen LogP contribution in [0.5, 0.6) is 11.5 Å². The molecule has 1 N–H and O–H groups in total. The molecule has 0 radical (unpaired) electrons. The number of hydrogen-bond acceptors (Lipinski definition) is 6. The summed E-state index contributed by atoms with van der Waals surface area (Å²) in [4.78, 5) is 28.9. The molecule has 1 aliphatic heterocycles. The zero-order valence-electron chi connectivity index (χ0n) is 18.5. The summed E-state index contributed by atoms with van der Waals surface area (Å²) in [6.45, 7) is 3.27. The van der Waals surface area contributed by atoms with Crippen molar-refractivity contribution in [2.75, 3.05) is 40.4 Å². The van der Waals surface area contributed by atoms with Gasteiger partial charge in [0.1, 0.15) is 0 Å². The summed E-state index contributed by atoms with van der Waals surface area (Å²) in [7, 11) is 4.97. The molecule has 1 aromatic carbocycles. The molecule has 4 rings (SSSR count). The summed E-state index contributed by atoms with van der Waals surface area (Å²) in [5.41, 5.74) is 1.88. The minimum atomic E-state index is -0.864. The second-order valence-electron chi connectivity index (χ2n) is 7.88. The first kappa shape index (κ1) is 22.2. The summed E-state index contributed by atoms with van der Waals surface area (Å²) in [6.07, 6.45) is 1.80. The third-order valence-corrected chi connectivity index (χ3v) is 6.99. The first-order chi connectivity index (χ1) is 15.4. The highest BCUT2D eigenvalue weighted by molar-refractivity contribution is 7.19. The van der Waals surface area contributed by atoms with Crippen LogP contribution in [0, 0.1) is 0 Å². The van der Waals surface area contributed by atoms with Crippen LogP contribution in [-0.4, -0.2) is 66.0 Å². The number of benzene rings is 1. The summed E-state index contributed by atoms with van der Waals surface area (Å²) in [5.74, 6) is 1.29. The monoisotopic (exact) mass is 457 g/mol. The van der Waals surface area contributed by atoms with E-state index in [1.807, 2.05) is 30.5 Å². The number of aromatic nitrogens is 1. The predicted molar refractivity (Wildman–Crippen MR) is 125 cm³/mol. The number of carboxylic acid groups (broad SMARTS) is 1. The van der Waals surface area contributed by atoms with Gasteiger partial charge in [0.25, 0.3) is 5.56 Å². The van der Waals surface area contributed by atoms with Crippen LogP contribution in [0.25, 0.3) is 21.2 Å². The Kier molecular flexibility index (Phi) is 6.38. The molecule has 1 aliphatic rings. The summed E-state index contributed by atoms with van der Waals surface area (Å²) in [5, 5.41) is 9.95. The first-order valence-corrected chi connectivity index (χ1v) is 11.3.